The van der Waals surface area contributed by atoms with E-state index < -0.39 is 40.7 Å². The second-order valence-electron chi connectivity index (χ2n) is 13.9. The minimum atomic E-state index is -1.12. The largest absolute Gasteiger partial charge is 0.394 e. The first-order valence-electron chi connectivity index (χ1n) is 14.4. The van der Waals surface area contributed by atoms with Crippen LogP contribution in [0.4, 0.5) is 0 Å². The van der Waals surface area contributed by atoms with E-state index in [4.69, 9.17) is 4.74 Å². The van der Waals surface area contributed by atoms with Crippen LogP contribution in [-0.2, 0) is 25.5 Å². The molecule has 8 heteroatoms. The van der Waals surface area contributed by atoms with Crippen molar-refractivity contribution in [2.75, 3.05) is 13.2 Å². The standard InChI is InChI=1S/C31H47N3O5/c1-8-16-32-25(36)22-23-27(38)34(21(18-35)17-20-12-10-9-11-13-20)24(31(23)15-14-30(22,7)39-31)26(37)33-29(5,6)19-28(2,3)4/h9-13,21-24,35H,8,14-19H2,1-7H3,(H,32,36)(H,33,37)/t21-,22-,23+,24?,30+,31?/m1/s1. The predicted octanol–water partition coefficient (Wildman–Crippen LogP) is 3.21. The fraction of sp³-hybridized carbons (Fsp3) is 0.710. The normalized spacial score (nSPS) is 30.8. The van der Waals surface area contributed by atoms with Crippen LogP contribution in [0.25, 0.3) is 0 Å². The van der Waals surface area contributed by atoms with Crippen molar-refractivity contribution in [1.82, 2.24) is 15.5 Å². The maximum atomic E-state index is 14.4. The molecular formula is C31H47N3O5. The number of likely N-dealkylation sites (tertiary alicyclic amines) is 1. The molecular weight excluding hydrogens is 494 g/mol. The first-order chi connectivity index (χ1) is 18.2. The number of carbonyl (C=O) groups excluding carboxylic acids is 3. The molecule has 3 aliphatic heterocycles. The van der Waals surface area contributed by atoms with Crippen molar-refractivity contribution in [2.45, 2.75) is 109 Å². The van der Waals surface area contributed by atoms with Crippen LogP contribution in [0.3, 0.4) is 0 Å². The Morgan fingerprint density at radius 2 is 1.79 bits per heavy atom. The molecule has 1 aromatic rings. The van der Waals surface area contributed by atoms with Gasteiger partial charge in [-0.1, -0.05) is 58.0 Å². The van der Waals surface area contributed by atoms with Crippen LogP contribution in [0.1, 0.15) is 79.7 Å². The summed E-state index contributed by atoms with van der Waals surface area (Å²) in [4.78, 5) is 43.7. The molecule has 6 atom stereocenters. The van der Waals surface area contributed by atoms with Gasteiger partial charge in [0.15, 0.2) is 0 Å². The maximum Gasteiger partial charge on any atom is 0.246 e. The van der Waals surface area contributed by atoms with E-state index in [-0.39, 0.29) is 29.7 Å². The highest BCUT2D eigenvalue weighted by Gasteiger charge is 2.78. The quantitative estimate of drug-likeness (QED) is 0.422. The van der Waals surface area contributed by atoms with Crippen molar-refractivity contribution in [2.24, 2.45) is 17.3 Å². The SMILES string of the molecule is CCCNC(=O)[C@H]1[C@H]2C(=O)N([C@@H](CO)Cc3ccccc3)C(C(=O)NC(C)(C)CC(C)(C)C)C23CC[C@]1(C)O3. The van der Waals surface area contributed by atoms with Crippen molar-refractivity contribution in [3.05, 3.63) is 35.9 Å². The Labute approximate surface area is 233 Å². The number of ether oxygens (including phenoxy) is 1. The number of rotatable bonds is 10. The van der Waals surface area contributed by atoms with Gasteiger partial charge in [0.1, 0.15) is 11.6 Å². The lowest BCUT2D eigenvalue weighted by molar-refractivity contribution is -0.150. The number of nitrogens with zero attached hydrogens (tertiary/aromatic N) is 1. The van der Waals surface area contributed by atoms with E-state index >= 15 is 0 Å². The van der Waals surface area contributed by atoms with E-state index in [0.29, 0.717) is 25.8 Å². The van der Waals surface area contributed by atoms with E-state index in [1.54, 1.807) is 4.90 Å². The molecule has 3 aliphatic rings. The topological polar surface area (TPSA) is 108 Å². The van der Waals surface area contributed by atoms with Crippen LogP contribution in [-0.4, -0.2) is 69.7 Å². The number of hydrogen-bond donors (Lipinski definition) is 3. The summed E-state index contributed by atoms with van der Waals surface area (Å²) in [6.07, 6.45) is 3.01. The molecule has 1 spiro atoms. The highest BCUT2D eigenvalue weighted by Crippen LogP contribution is 2.63. The van der Waals surface area contributed by atoms with Gasteiger partial charge in [0, 0.05) is 12.1 Å². The summed E-state index contributed by atoms with van der Waals surface area (Å²) in [5.41, 5.74) is -1.54. The lowest BCUT2D eigenvalue weighted by Crippen LogP contribution is -2.61. The van der Waals surface area contributed by atoms with Gasteiger partial charge in [-0.25, -0.2) is 0 Å². The molecule has 3 amide bonds. The second kappa shape index (κ2) is 10.5. The van der Waals surface area contributed by atoms with Crippen LogP contribution in [0.15, 0.2) is 30.3 Å². The predicted molar refractivity (Wildman–Crippen MR) is 150 cm³/mol. The summed E-state index contributed by atoms with van der Waals surface area (Å²) >= 11 is 0. The fourth-order valence-electron chi connectivity index (χ4n) is 7.72. The zero-order chi connectivity index (χ0) is 28.8. The van der Waals surface area contributed by atoms with Crippen LogP contribution in [0.5, 0.6) is 0 Å². The fourth-order valence-corrected chi connectivity index (χ4v) is 7.72. The van der Waals surface area contributed by atoms with E-state index in [1.807, 2.05) is 58.0 Å². The van der Waals surface area contributed by atoms with Gasteiger partial charge in [-0.3, -0.25) is 14.4 Å². The first kappa shape index (κ1) is 29.5. The highest BCUT2D eigenvalue weighted by molar-refractivity contribution is 5.99. The molecule has 2 unspecified atom stereocenters. The molecule has 2 bridgehead atoms. The molecule has 0 saturated carbocycles. The highest BCUT2D eigenvalue weighted by atomic mass is 16.5. The summed E-state index contributed by atoms with van der Waals surface area (Å²) in [6.45, 7) is 14.5. The molecule has 1 aromatic carbocycles. The average Bonchev–Trinajstić information content (AvgIpc) is 3.40. The van der Waals surface area contributed by atoms with Crippen LogP contribution in [0, 0.1) is 17.3 Å². The molecule has 4 rings (SSSR count). The summed E-state index contributed by atoms with van der Waals surface area (Å²) in [5.74, 6) is -2.23. The third-order valence-electron chi connectivity index (χ3n) is 8.65. The Morgan fingerprint density at radius 3 is 2.38 bits per heavy atom. The molecule has 3 fully saturated rings. The van der Waals surface area contributed by atoms with Gasteiger partial charge in [0.25, 0.3) is 0 Å². The number of aliphatic hydroxyl groups is 1. The molecule has 39 heavy (non-hydrogen) atoms. The van der Waals surface area contributed by atoms with Crippen molar-refractivity contribution < 1.29 is 24.2 Å². The molecule has 3 N–H and O–H groups in total. The lowest BCUT2D eigenvalue weighted by atomic mass is 9.66. The molecule has 216 valence electrons. The molecule has 3 saturated heterocycles. The Kier molecular flexibility index (Phi) is 7.96. The van der Waals surface area contributed by atoms with Crippen molar-refractivity contribution in [3.63, 3.8) is 0 Å². The van der Waals surface area contributed by atoms with Gasteiger partial charge in [0.2, 0.25) is 17.7 Å². The van der Waals surface area contributed by atoms with Gasteiger partial charge in [-0.2, -0.15) is 0 Å². The third kappa shape index (κ3) is 5.47. The second-order valence-corrected chi connectivity index (χ2v) is 13.9. The van der Waals surface area contributed by atoms with Gasteiger partial charge >= 0.3 is 0 Å². The van der Waals surface area contributed by atoms with Crippen LogP contribution >= 0.6 is 0 Å². The van der Waals surface area contributed by atoms with Gasteiger partial charge < -0.3 is 25.4 Å². The summed E-state index contributed by atoms with van der Waals surface area (Å²) < 4.78 is 6.71. The van der Waals surface area contributed by atoms with Crippen molar-refractivity contribution in [1.29, 1.82) is 0 Å². The Bertz CT molecular complexity index is 1080. The number of carbonyl (C=O) groups is 3. The van der Waals surface area contributed by atoms with Crippen molar-refractivity contribution >= 4 is 17.7 Å². The Morgan fingerprint density at radius 1 is 1.13 bits per heavy atom. The van der Waals surface area contributed by atoms with Gasteiger partial charge in [-0.05, 0) is 63.9 Å². The minimum Gasteiger partial charge on any atom is -0.394 e. The number of nitrogens with one attached hydrogen (secondary N) is 2. The van der Waals surface area contributed by atoms with Crippen LogP contribution in [0.2, 0.25) is 0 Å². The zero-order valence-corrected chi connectivity index (χ0v) is 24.7. The molecule has 3 heterocycles. The lowest BCUT2D eigenvalue weighted by Gasteiger charge is -2.40. The number of fused-ring (bicyclic) bond motifs is 1. The zero-order valence-electron chi connectivity index (χ0n) is 24.7. The first-order valence-corrected chi connectivity index (χ1v) is 14.4. The number of aliphatic hydroxyl groups excluding tert-OH is 1. The van der Waals surface area contributed by atoms with E-state index in [1.165, 1.54) is 0 Å². The van der Waals surface area contributed by atoms with Gasteiger partial charge in [0.05, 0.1) is 30.1 Å². The Balaban J connectivity index is 1.76. The third-order valence-corrected chi connectivity index (χ3v) is 8.65. The molecule has 0 aliphatic carbocycles. The Hall–Kier alpha value is -2.45. The number of amides is 3. The van der Waals surface area contributed by atoms with Gasteiger partial charge in [-0.15, -0.1) is 0 Å². The summed E-state index contributed by atoms with van der Waals surface area (Å²) in [5, 5.41) is 16.8. The van der Waals surface area contributed by atoms with Crippen molar-refractivity contribution in [3.8, 4) is 0 Å². The average molecular weight is 542 g/mol. The summed E-state index contributed by atoms with van der Waals surface area (Å²) in [7, 11) is 0. The van der Waals surface area contributed by atoms with E-state index in [0.717, 1.165) is 18.4 Å². The summed E-state index contributed by atoms with van der Waals surface area (Å²) in [6, 6.07) is 8.09. The monoisotopic (exact) mass is 541 g/mol. The number of hydrogen-bond acceptors (Lipinski definition) is 5. The molecule has 0 radical (unpaired) electrons. The molecule has 8 nitrogen and oxygen atoms in total. The smallest absolute Gasteiger partial charge is 0.246 e. The van der Waals surface area contributed by atoms with E-state index in [2.05, 4.69) is 31.4 Å². The van der Waals surface area contributed by atoms with Crippen LogP contribution < -0.4 is 10.6 Å². The molecule has 0 aromatic heterocycles. The minimum absolute atomic E-state index is 0.0258. The van der Waals surface area contributed by atoms with E-state index in [9.17, 15) is 19.5 Å². The number of benzene rings is 1. The maximum absolute atomic E-state index is 14.4.